The van der Waals surface area contributed by atoms with E-state index in [0.29, 0.717) is 0 Å². The average molecular weight is 350 g/mol. The fourth-order valence-corrected chi connectivity index (χ4v) is 3.76. The van der Waals surface area contributed by atoms with Gasteiger partial charge < -0.3 is 9.73 Å². The second-order valence-electron chi connectivity index (χ2n) is 6.90. The van der Waals surface area contributed by atoms with Gasteiger partial charge >= 0.3 is 0 Å². The maximum Gasteiger partial charge on any atom is 0.122 e. The van der Waals surface area contributed by atoms with E-state index < -0.39 is 0 Å². The molecule has 3 heterocycles. The topological polar surface area (TPSA) is 57.1 Å². The third-order valence-corrected chi connectivity index (χ3v) is 5.14. The van der Waals surface area contributed by atoms with E-state index in [2.05, 4.69) is 50.7 Å². The monoisotopic (exact) mass is 350 g/mol. The average Bonchev–Trinajstić information content (AvgIpc) is 3.39. The van der Waals surface area contributed by atoms with Gasteiger partial charge in [0.15, 0.2) is 0 Å². The Morgan fingerprint density at radius 2 is 1.92 bits per heavy atom. The number of H-pyrrole nitrogens is 1. The van der Waals surface area contributed by atoms with Gasteiger partial charge in [-0.1, -0.05) is 36.8 Å². The van der Waals surface area contributed by atoms with Crippen LogP contribution >= 0.6 is 0 Å². The molecule has 136 valence electrons. The van der Waals surface area contributed by atoms with Gasteiger partial charge in [0.05, 0.1) is 24.2 Å². The summed E-state index contributed by atoms with van der Waals surface area (Å²) in [5.41, 5.74) is 3.44. The van der Waals surface area contributed by atoms with Crippen LogP contribution in [0.4, 0.5) is 0 Å². The van der Waals surface area contributed by atoms with Crippen molar-refractivity contribution in [2.45, 2.75) is 31.8 Å². The van der Waals surface area contributed by atoms with Crippen LogP contribution in [0.25, 0.3) is 11.3 Å². The van der Waals surface area contributed by atoms with E-state index in [0.717, 1.165) is 37.6 Å². The Bertz CT molecular complexity index is 775. The van der Waals surface area contributed by atoms with Gasteiger partial charge in [0.1, 0.15) is 5.76 Å². The standard InChI is InChI=1S/C21H26N4O/c1-3-8-17(9-4-1)21-18(15-23-24-21)14-22-16-19(20-10-7-13-26-20)25-11-5-2-6-12-25/h1,3-4,7-10,13,15,19,22H,2,5-6,11-12,14,16H2,(H,23,24). The maximum absolute atomic E-state index is 5.73. The van der Waals surface area contributed by atoms with Crippen LogP contribution in [0.5, 0.6) is 0 Å². The Balaban J connectivity index is 1.42. The largest absolute Gasteiger partial charge is 0.468 e. The number of aromatic nitrogens is 2. The summed E-state index contributed by atoms with van der Waals surface area (Å²) in [6.45, 7) is 3.95. The number of rotatable bonds is 7. The van der Waals surface area contributed by atoms with Crippen molar-refractivity contribution >= 4 is 0 Å². The molecule has 26 heavy (non-hydrogen) atoms. The highest BCUT2D eigenvalue weighted by molar-refractivity contribution is 5.62. The van der Waals surface area contributed by atoms with E-state index in [1.165, 1.54) is 30.4 Å². The first-order valence-electron chi connectivity index (χ1n) is 9.47. The molecule has 1 saturated heterocycles. The summed E-state index contributed by atoms with van der Waals surface area (Å²) in [6, 6.07) is 14.7. The minimum atomic E-state index is 0.289. The quantitative estimate of drug-likeness (QED) is 0.676. The van der Waals surface area contributed by atoms with Gasteiger partial charge in [-0.3, -0.25) is 10.00 Å². The smallest absolute Gasteiger partial charge is 0.122 e. The Morgan fingerprint density at radius 1 is 1.08 bits per heavy atom. The van der Waals surface area contributed by atoms with Crippen molar-refractivity contribution in [2.24, 2.45) is 0 Å². The summed E-state index contributed by atoms with van der Waals surface area (Å²) in [7, 11) is 0. The Hall–Kier alpha value is -2.37. The van der Waals surface area contributed by atoms with Crippen molar-refractivity contribution in [2.75, 3.05) is 19.6 Å². The van der Waals surface area contributed by atoms with Gasteiger partial charge in [-0.15, -0.1) is 0 Å². The predicted molar refractivity (Wildman–Crippen MR) is 103 cm³/mol. The van der Waals surface area contributed by atoms with Crippen molar-refractivity contribution in [1.82, 2.24) is 20.4 Å². The van der Waals surface area contributed by atoms with Crippen LogP contribution in [-0.2, 0) is 6.54 Å². The number of furan rings is 1. The van der Waals surface area contributed by atoms with Crippen LogP contribution in [0.3, 0.4) is 0 Å². The molecule has 0 bridgehead atoms. The molecule has 3 aromatic rings. The molecular weight excluding hydrogens is 324 g/mol. The van der Waals surface area contributed by atoms with Crippen molar-refractivity contribution in [3.05, 3.63) is 66.2 Å². The van der Waals surface area contributed by atoms with Crippen molar-refractivity contribution < 1.29 is 4.42 Å². The van der Waals surface area contributed by atoms with Gasteiger partial charge in [0.25, 0.3) is 0 Å². The summed E-state index contributed by atoms with van der Waals surface area (Å²) in [5, 5.41) is 11.0. The fraction of sp³-hybridized carbons (Fsp3) is 0.381. The summed E-state index contributed by atoms with van der Waals surface area (Å²) in [4.78, 5) is 2.54. The molecule has 1 fully saturated rings. The highest BCUT2D eigenvalue weighted by Crippen LogP contribution is 2.25. The molecule has 1 atom stereocenters. The molecule has 0 spiro atoms. The number of nitrogens with one attached hydrogen (secondary N) is 2. The van der Waals surface area contributed by atoms with Crippen LogP contribution in [0.1, 0.15) is 36.6 Å². The van der Waals surface area contributed by atoms with E-state index in [1.807, 2.05) is 18.3 Å². The molecule has 2 aromatic heterocycles. The molecule has 0 aliphatic carbocycles. The zero-order valence-electron chi connectivity index (χ0n) is 15.0. The molecule has 1 aliphatic heterocycles. The van der Waals surface area contributed by atoms with Gasteiger partial charge in [-0.2, -0.15) is 5.10 Å². The number of hydrogen-bond donors (Lipinski definition) is 2. The summed E-state index contributed by atoms with van der Waals surface area (Å²) in [5.74, 6) is 1.05. The maximum atomic E-state index is 5.73. The van der Waals surface area contributed by atoms with Crippen molar-refractivity contribution in [3.8, 4) is 11.3 Å². The lowest BCUT2D eigenvalue weighted by atomic mass is 10.1. The molecule has 2 N–H and O–H groups in total. The normalized spacial score (nSPS) is 16.6. The minimum Gasteiger partial charge on any atom is -0.468 e. The third kappa shape index (κ3) is 3.89. The fourth-order valence-electron chi connectivity index (χ4n) is 3.76. The van der Waals surface area contributed by atoms with E-state index in [4.69, 9.17) is 4.42 Å². The van der Waals surface area contributed by atoms with Gasteiger partial charge in [-0.25, -0.2) is 0 Å². The Morgan fingerprint density at radius 3 is 2.69 bits per heavy atom. The van der Waals surface area contributed by atoms with Crippen LogP contribution in [-0.4, -0.2) is 34.7 Å². The molecule has 0 saturated carbocycles. The Kier molecular flexibility index (Phi) is 5.47. The number of likely N-dealkylation sites (tertiary alicyclic amines) is 1. The summed E-state index contributed by atoms with van der Waals surface area (Å²) < 4.78 is 5.73. The van der Waals surface area contributed by atoms with Crippen molar-refractivity contribution in [1.29, 1.82) is 0 Å². The van der Waals surface area contributed by atoms with E-state index >= 15 is 0 Å². The number of aromatic amines is 1. The van der Waals surface area contributed by atoms with Gasteiger partial charge in [0.2, 0.25) is 0 Å². The minimum absolute atomic E-state index is 0.289. The van der Waals surface area contributed by atoms with E-state index in [9.17, 15) is 0 Å². The number of hydrogen-bond acceptors (Lipinski definition) is 4. The molecule has 1 aromatic carbocycles. The van der Waals surface area contributed by atoms with Crippen molar-refractivity contribution in [3.63, 3.8) is 0 Å². The molecule has 1 aliphatic rings. The number of piperidine rings is 1. The lowest BCUT2D eigenvalue weighted by Gasteiger charge is -2.33. The summed E-state index contributed by atoms with van der Waals surface area (Å²) in [6.07, 6.45) is 7.58. The second kappa shape index (κ2) is 8.34. The first kappa shape index (κ1) is 17.1. The molecule has 4 rings (SSSR count). The molecule has 5 heteroatoms. The van der Waals surface area contributed by atoms with Crippen LogP contribution < -0.4 is 5.32 Å². The van der Waals surface area contributed by atoms with E-state index in [-0.39, 0.29) is 6.04 Å². The van der Waals surface area contributed by atoms with Gasteiger partial charge in [0, 0.05) is 18.7 Å². The van der Waals surface area contributed by atoms with Crippen LogP contribution in [0, 0.1) is 0 Å². The molecule has 0 amide bonds. The highest BCUT2D eigenvalue weighted by atomic mass is 16.3. The number of nitrogens with zero attached hydrogens (tertiary/aromatic N) is 2. The SMILES string of the molecule is c1ccc(-c2[nH]ncc2CNCC(c2ccco2)N2CCCCC2)cc1. The zero-order chi connectivity index (χ0) is 17.6. The first-order valence-corrected chi connectivity index (χ1v) is 9.47. The molecule has 5 nitrogen and oxygen atoms in total. The highest BCUT2D eigenvalue weighted by Gasteiger charge is 2.24. The molecule has 1 unspecified atom stereocenters. The van der Waals surface area contributed by atoms with Crippen LogP contribution in [0.2, 0.25) is 0 Å². The summed E-state index contributed by atoms with van der Waals surface area (Å²) >= 11 is 0. The van der Waals surface area contributed by atoms with Gasteiger partial charge in [-0.05, 0) is 43.6 Å². The third-order valence-electron chi connectivity index (χ3n) is 5.14. The first-order chi connectivity index (χ1) is 12.9. The molecular formula is C21H26N4O. The Labute approximate surface area is 154 Å². The van der Waals surface area contributed by atoms with Crippen LogP contribution in [0.15, 0.2) is 59.3 Å². The predicted octanol–water partition coefficient (Wildman–Crippen LogP) is 3.99. The lowest BCUT2D eigenvalue weighted by Crippen LogP contribution is -2.38. The lowest BCUT2D eigenvalue weighted by molar-refractivity contribution is 0.142. The second-order valence-corrected chi connectivity index (χ2v) is 6.90. The zero-order valence-corrected chi connectivity index (χ0v) is 15.0. The molecule has 0 radical (unpaired) electrons. The van der Waals surface area contributed by atoms with E-state index in [1.54, 1.807) is 6.26 Å². The number of benzene rings is 1.